The number of rotatable bonds is 7. The molecule has 0 bridgehead atoms. The fourth-order valence-corrected chi connectivity index (χ4v) is 4.25. The summed E-state index contributed by atoms with van der Waals surface area (Å²) in [5.41, 5.74) is 3.45. The van der Waals surface area contributed by atoms with Crippen molar-refractivity contribution in [3.8, 4) is 5.75 Å². The molecule has 8 nitrogen and oxygen atoms in total. The van der Waals surface area contributed by atoms with Crippen molar-refractivity contribution in [3.05, 3.63) is 35.7 Å². The molecule has 2 aromatic heterocycles. The number of aromatic amines is 2. The zero-order valence-corrected chi connectivity index (χ0v) is 19.0. The van der Waals surface area contributed by atoms with Gasteiger partial charge in [0.15, 0.2) is 21.9 Å². The molecular formula is C21H29N4O4S+. The van der Waals surface area contributed by atoms with Crippen LogP contribution in [-0.2, 0) is 14.6 Å². The highest BCUT2D eigenvalue weighted by atomic mass is 32.2. The third kappa shape index (κ3) is 4.13. The molecule has 3 N–H and O–H groups in total. The summed E-state index contributed by atoms with van der Waals surface area (Å²) < 4.78 is 36.5. The molecule has 3 rings (SSSR count). The summed E-state index contributed by atoms with van der Waals surface area (Å²) in [5, 5.41) is 11.3. The van der Waals surface area contributed by atoms with Gasteiger partial charge >= 0.3 is 0 Å². The molecule has 0 aliphatic rings. The number of hydrogen-bond acceptors (Lipinski definition) is 6. The van der Waals surface area contributed by atoms with Gasteiger partial charge in [0.25, 0.3) is 0 Å². The number of nitrogens with zero attached hydrogens (tertiary/aromatic N) is 1. The molecule has 3 aromatic rings. The Labute approximate surface area is 176 Å². The monoisotopic (exact) mass is 433 g/mol. The van der Waals surface area contributed by atoms with E-state index in [1.807, 2.05) is 19.9 Å². The van der Waals surface area contributed by atoms with Crippen molar-refractivity contribution in [2.45, 2.75) is 44.3 Å². The number of ether oxygens (including phenoxy) is 2. The number of aryl methyl sites for hydroxylation is 1. The van der Waals surface area contributed by atoms with Crippen molar-refractivity contribution in [1.82, 2.24) is 10.2 Å². The third-order valence-corrected chi connectivity index (χ3v) is 7.52. The van der Waals surface area contributed by atoms with Crippen LogP contribution in [0, 0.1) is 13.8 Å². The largest absolute Gasteiger partial charge is 0.490 e. The molecule has 162 valence electrons. The minimum Gasteiger partial charge on any atom is -0.490 e. The average Bonchev–Trinajstić information content (AvgIpc) is 2.99. The molecule has 0 radical (unpaired) electrons. The van der Waals surface area contributed by atoms with E-state index in [-0.39, 0.29) is 11.5 Å². The number of H-pyrrole nitrogens is 2. The summed E-state index contributed by atoms with van der Waals surface area (Å²) in [4.78, 5) is 3.32. The fraction of sp³-hybridized carbons (Fsp3) is 0.429. The first-order valence-electron chi connectivity index (χ1n) is 9.69. The number of hydrogen-bond donors (Lipinski definition) is 2. The van der Waals surface area contributed by atoms with Gasteiger partial charge in [-0.15, -0.1) is 0 Å². The Kier molecular flexibility index (Phi) is 6.05. The van der Waals surface area contributed by atoms with E-state index in [1.165, 1.54) is 0 Å². The second kappa shape index (κ2) is 8.23. The normalized spacial score (nSPS) is 12.3. The number of sulfone groups is 1. The Balaban J connectivity index is 2.18. The van der Waals surface area contributed by atoms with E-state index in [4.69, 9.17) is 9.47 Å². The Morgan fingerprint density at radius 1 is 1.20 bits per heavy atom. The van der Waals surface area contributed by atoms with Gasteiger partial charge < -0.3 is 14.8 Å². The standard InChI is InChI=1S/C21H28N4O4S/c1-13-14(2)24-25-20(13)23-16-7-8-22-17-12-18(29-10-9-28-6)19(11-15(16)17)30(26,27)21(3,4)5/h7-8,11-12H,9-10H2,1-6H3,(H2,22,23,24,25)/p+1. The highest BCUT2D eigenvalue weighted by Crippen LogP contribution is 2.37. The lowest BCUT2D eigenvalue weighted by molar-refractivity contribution is -0.344. The van der Waals surface area contributed by atoms with Gasteiger partial charge in [-0.1, -0.05) is 0 Å². The van der Waals surface area contributed by atoms with E-state index in [0.29, 0.717) is 18.2 Å². The molecule has 9 heteroatoms. The Bertz CT molecular complexity index is 1160. The number of fused-ring (bicyclic) bond motifs is 1. The molecule has 0 atom stereocenters. The first kappa shape index (κ1) is 22.0. The van der Waals surface area contributed by atoms with E-state index >= 15 is 0 Å². The summed E-state index contributed by atoms with van der Waals surface area (Å²) in [6.07, 6.45) is 1.79. The Hall–Kier alpha value is -2.65. The molecule has 0 saturated heterocycles. The molecule has 0 fully saturated rings. The van der Waals surface area contributed by atoms with Gasteiger partial charge in [-0.3, -0.25) is 5.10 Å². The predicted molar refractivity (Wildman–Crippen MR) is 116 cm³/mol. The maximum Gasteiger partial charge on any atom is 0.216 e. The van der Waals surface area contributed by atoms with Gasteiger partial charge in [0.1, 0.15) is 17.3 Å². The maximum atomic E-state index is 13.3. The van der Waals surface area contributed by atoms with E-state index in [2.05, 4.69) is 20.5 Å². The van der Waals surface area contributed by atoms with Crippen molar-refractivity contribution < 1.29 is 22.9 Å². The minimum atomic E-state index is -3.66. The molecule has 0 unspecified atom stereocenters. The van der Waals surface area contributed by atoms with E-state index in [1.54, 1.807) is 46.2 Å². The summed E-state index contributed by atoms with van der Waals surface area (Å²) >= 11 is 0. The lowest BCUT2D eigenvalue weighted by Crippen LogP contribution is -2.28. The van der Waals surface area contributed by atoms with Gasteiger partial charge in [0.05, 0.1) is 28.5 Å². The van der Waals surface area contributed by atoms with Crippen molar-refractivity contribution in [1.29, 1.82) is 0 Å². The highest BCUT2D eigenvalue weighted by molar-refractivity contribution is 7.92. The highest BCUT2D eigenvalue weighted by Gasteiger charge is 2.34. The van der Waals surface area contributed by atoms with Crippen LogP contribution in [0.15, 0.2) is 29.3 Å². The number of anilines is 2. The Morgan fingerprint density at radius 3 is 2.53 bits per heavy atom. The van der Waals surface area contributed by atoms with Crippen LogP contribution in [0.25, 0.3) is 10.9 Å². The van der Waals surface area contributed by atoms with Crippen molar-refractivity contribution in [2.24, 2.45) is 0 Å². The molecule has 0 aliphatic heterocycles. The lowest BCUT2D eigenvalue weighted by Gasteiger charge is -2.21. The smallest absolute Gasteiger partial charge is 0.216 e. The van der Waals surface area contributed by atoms with Crippen molar-refractivity contribution >= 4 is 32.2 Å². The summed E-state index contributed by atoms with van der Waals surface area (Å²) in [6, 6.07) is 5.23. The lowest BCUT2D eigenvalue weighted by atomic mass is 10.1. The van der Waals surface area contributed by atoms with Crippen molar-refractivity contribution in [3.63, 3.8) is 0 Å². The predicted octanol–water partition coefficient (Wildman–Crippen LogP) is 3.33. The van der Waals surface area contributed by atoms with E-state index in [0.717, 1.165) is 27.8 Å². The van der Waals surface area contributed by atoms with E-state index in [9.17, 15) is 8.42 Å². The summed E-state index contributed by atoms with van der Waals surface area (Å²) in [5.74, 6) is 0.996. The number of methoxy groups -OCH3 is 1. The Morgan fingerprint density at radius 2 is 1.93 bits per heavy atom. The maximum absolute atomic E-state index is 13.3. The first-order valence-corrected chi connectivity index (χ1v) is 11.2. The minimum absolute atomic E-state index is 0.149. The molecule has 0 saturated carbocycles. The molecule has 30 heavy (non-hydrogen) atoms. The van der Waals surface area contributed by atoms with Gasteiger partial charge in [-0.05, 0) is 40.7 Å². The van der Waals surface area contributed by atoms with Gasteiger partial charge in [0, 0.05) is 24.4 Å². The molecular weight excluding hydrogens is 404 g/mol. The van der Waals surface area contributed by atoms with Crippen LogP contribution in [0.5, 0.6) is 5.75 Å². The van der Waals surface area contributed by atoms with Gasteiger partial charge in [-0.25, -0.2) is 13.4 Å². The van der Waals surface area contributed by atoms with Crippen LogP contribution in [0.3, 0.4) is 0 Å². The molecule has 0 amide bonds. The second-order valence-electron chi connectivity index (χ2n) is 8.14. The average molecular weight is 434 g/mol. The third-order valence-electron chi connectivity index (χ3n) is 5.01. The van der Waals surface area contributed by atoms with Crippen LogP contribution in [0.4, 0.5) is 11.5 Å². The zero-order chi connectivity index (χ0) is 22.1. The SMILES string of the molecule is COCCOc1cc2[nH+]ccc(Nc3n[nH]c(C)c3C)c2cc1S(=O)(=O)C(C)(C)C. The number of pyridine rings is 1. The zero-order valence-electron chi connectivity index (χ0n) is 18.2. The molecule has 1 aromatic carbocycles. The van der Waals surface area contributed by atoms with Crippen molar-refractivity contribution in [2.75, 3.05) is 25.6 Å². The number of nitrogens with one attached hydrogen (secondary N) is 3. The summed E-state index contributed by atoms with van der Waals surface area (Å²) in [7, 11) is -2.09. The fourth-order valence-electron chi connectivity index (χ4n) is 2.94. The van der Waals surface area contributed by atoms with Gasteiger partial charge in [0.2, 0.25) is 5.52 Å². The van der Waals surface area contributed by atoms with Crippen LogP contribution >= 0.6 is 0 Å². The molecule has 0 aliphatic carbocycles. The molecule has 2 heterocycles. The molecule has 0 spiro atoms. The summed E-state index contributed by atoms with van der Waals surface area (Å²) in [6.45, 7) is 9.55. The van der Waals surface area contributed by atoms with Gasteiger partial charge in [-0.2, -0.15) is 5.10 Å². The van der Waals surface area contributed by atoms with Crippen LogP contribution in [0.1, 0.15) is 32.0 Å². The number of benzene rings is 1. The van der Waals surface area contributed by atoms with E-state index < -0.39 is 14.6 Å². The topological polar surface area (TPSA) is 107 Å². The van der Waals surface area contributed by atoms with Crippen LogP contribution in [0.2, 0.25) is 0 Å². The van der Waals surface area contributed by atoms with Crippen LogP contribution < -0.4 is 15.0 Å². The quantitative estimate of drug-likeness (QED) is 0.554. The first-order chi connectivity index (χ1) is 14.1. The number of aromatic nitrogens is 3. The van der Waals surface area contributed by atoms with Crippen LogP contribution in [-0.4, -0.2) is 43.7 Å². The second-order valence-corrected chi connectivity index (χ2v) is 10.8.